The van der Waals surface area contributed by atoms with E-state index in [0.717, 1.165) is 24.8 Å². The van der Waals surface area contributed by atoms with Crippen molar-refractivity contribution in [1.29, 1.82) is 5.26 Å². The maximum atomic E-state index is 9.78. The van der Waals surface area contributed by atoms with Gasteiger partial charge >= 0.3 is 0 Å². The van der Waals surface area contributed by atoms with Gasteiger partial charge in [0.15, 0.2) is 0 Å². The van der Waals surface area contributed by atoms with Gasteiger partial charge in [0, 0.05) is 22.7 Å². The van der Waals surface area contributed by atoms with Gasteiger partial charge in [-0.1, -0.05) is 6.92 Å². The Kier molecular flexibility index (Phi) is 3.86. The van der Waals surface area contributed by atoms with E-state index in [2.05, 4.69) is 18.0 Å². The molecule has 0 aliphatic heterocycles. The summed E-state index contributed by atoms with van der Waals surface area (Å²) in [4.78, 5) is 5.66. The van der Waals surface area contributed by atoms with Crippen LogP contribution in [0.2, 0.25) is 0 Å². The molecule has 112 valence electrons. The van der Waals surface area contributed by atoms with Crippen molar-refractivity contribution >= 4 is 22.6 Å². The summed E-state index contributed by atoms with van der Waals surface area (Å²) in [5.41, 5.74) is 2.33. The van der Waals surface area contributed by atoms with Crippen LogP contribution in [0.1, 0.15) is 34.9 Å². The molecular weight excluding hydrogens is 296 g/mol. The van der Waals surface area contributed by atoms with E-state index < -0.39 is 0 Å². The van der Waals surface area contributed by atoms with Crippen molar-refractivity contribution in [1.82, 2.24) is 0 Å². The fourth-order valence-corrected chi connectivity index (χ4v) is 4.02. The van der Waals surface area contributed by atoms with Gasteiger partial charge in [0.1, 0.15) is 22.6 Å². The first-order valence-corrected chi connectivity index (χ1v) is 8.01. The zero-order valence-corrected chi connectivity index (χ0v) is 13.0. The van der Waals surface area contributed by atoms with Crippen molar-refractivity contribution in [3.05, 3.63) is 39.8 Å². The fraction of sp³-hybridized carbons (Fsp3) is 0.294. The summed E-state index contributed by atoms with van der Waals surface area (Å²) >= 11 is 1.57. The van der Waals surface area contributed by atoms with Crippen LogP contribution in [0, 0.1) is 17.2 Å². The predicted molar refractivity (Wildman–Crippen MR) is 87.2 cm³/mol. The van der Waals surface area contributed by atoms with Gasteiger partial charge in [0.2, 0.25) is 0 Å². The first-order valence-electron chi connectivity index (χ1n) is 7.19. The summed E-state index contributed by atoms with van der Waals surface area (Å²) < 4.78 is 0. The number of hydrogen-bond acceptors (Lipinski definition) is 5. The lowest BCUT2D eigenvalue weighted by atomic mass is 9.89. The van der Waals surface area contributed by atoms with Gasteiger partial charge in [0.05, 0.1) is 5.56 Å². The molecule has 1 aromatic carbocycles. The molecule has 0 spiro atoms. The molecule has 1 aromatic heterocycles. The molecule has 0 bridgehead atoms. The Balaban J connectivity index is 1.96. The average molecular weight is 312 g/mol. The molecular formula is C17H16N2O2S. The molecule has 4 nitrogen and oxygen atoms in total. The number of aromatic hydroxyl groups is 2. The molecule has 22 heavy (non-hydrogen) atoms. The number of thiophene rings is 1. The minimum atomic E-state index is -0.0304. The number of nitrogens with zero attached hydrogens (tertiary/aromatic N) is 2. The molecule has 0 amide bonds. The largest absolute Gasteiger partial charge is 0.508 e. The minimum Gasteiger partial charge on any atom is -0.508 e. The second kappa shape index (κ2) is 5.82. The van der Waals surface area contributed by atoms with Crippen molar-refractivity contribution in [2.24, 2.45) is 10.9 Å². The third kappa shape index (κ3) is 2.70. The van der Waals surface area contributed by atoms with Crippen LogP contribution in [0.4, 0.5) is 5.00 Å². The van der Waals surface area contributed by atoms with Gasteiger partial charge in [-0.25, -0.2) is 4.99 Å². The Morgan fingerprint density at radius 3 is 2.95 bits per heavy atom. The molecule has 1 atom stereocenters. The van der Waals surface area contributed by atoms with E-state index in [0.29, 0.717) is 22.0 Å². The van der Waals surface area contributed by atoms with Crippen molar-refractivity contribution in [2.45, 2.75) is 26.2 Å². The van der Waals surface area contributed by atoms with Crippen LogP contribution in [-0.4, -0.2) is 16.4 Å². The third-order valence-corrected chi connectivity index (χ3v) is 5.10. The fourth-order valence-electron chi connectivity index (χ4n) is 2.71. The van der Waals surface area contributed by atoms with E-state index in [1.165, 1.54) is 23.2 Å². The monoisotopic (exact) mass is 312 g/mol. The van der Waals surface area contributed by atoms with Crippen LogP contribution in [0.15, 0.2) is 23.2 Å². The number of fused-ring (bicyclic) bond motifs is 1. The number of rotatable bonds is 2. The van der Waals surface area contributed by atoms with Crippen LogP contribution in [0.5, 0.6) is 11.5 Å². The number of hydrogen-bond donors (Lipinski definition) is 2. The number of aliphatic imine (C=N–C) groups is 1. The van der Waals surface area contributed by atoms with Crippen molar-refractivity contribution in [2.75, 3.05) is 0 Å². The zero-order chi connectivity index (χ0) is 15.7. The van der Waals surface area contributed by atoms with Gasteiger partial charge in [0.25, 0.3) is 0 Å². The summed E-state index contributed by atoms with van der Waals surface area (Å²) in [6.07, 6.45) is 4.60. The number of phenolic OH excluding ortho intramolecular Hbond substituents is 2. The van der Waals surface area contributed by atoms with E-state index in [1.807, 2.05) is 0 Å². The lowest BCUT2D eigenvalue weighted by molar-refractivity contribution is 0.450. The number of benzene rings is 1. The molecule has 1 aliphatic carbocycles. The highest BCUT2D eigenvalue weighted by Gasteiger charge is 2.23. The van der Waals surface area contributed by atoms with Crippen molar-refractivity contribution in [3.63, 3.8) is 0 Å². The molecule has 0 saturated carbocycles. The normalized spacial score (nSPS) is 17.4. The van der Waals surface area contributed by atoms with Crippen LogP contribution in [0.3, 0.4) is 0 Å². The van der Waals surface area contributed by atoms with Gasteiger partial charge in [-0.2, -0.15) is 5.26 Å². The molecule has 0 saturated heterocycles. The second-order valence-electron chi connectivity index (χ2n) is 5.65. The summed E-state index contributed by atoms with van der Waals surface area (Å²) in [7, 11) is 0. The Morgan fingerprint density at radius 2 is 2.23 bits per heavy atom. The highest BCUT2D eigenvalue weighted by Crippen LogP contribution is 2.40. The SMILES string of the molecule is C[C@H]1CCc2c(sc(N=Cc3ccc(O)cc3O)c2C#N)C1. The van der Waals surface area contributed by atoms with Crippen LogP contribution in [0.25, 0.3) is 0 Å². The number of nitriles is 1. The maximum absolute atomic E-state index is 9.78. The van der Waals surface area contributed by atoms with E-state index in [9.17, 15) is 15.5 Å². The van der Waals surface area contributed by atoms with Crippen LogP contribution >= 0.6 is 11.3 Å². The zero-order valence-electron chi connectivity index (χ0n) is 12.2. The molecule has 5 heteroatoms. The molecule has 0 unspecified atom stereocenters. The van der Waals surface area contributed by atoms with Crippen molar-refractivity contribution < 1.29 is 10.2 Å². The lowest BCUT2D eigenvalue weighted by Gasteiger charge is -2.17. The average Bonchev–Trinajstić information content (AvgIpc) is 2.82. The third-order valence-electron chi connectivity index (χ3n) is 3.94. The van der Waals surface area contributed by atoms with E-state index in [1.54, 1.807) is 17.4 Å². The molecule has 2 N–H and O–H groups in total. The predicted octanol–water partition coefficient (Wildman–Crippen LogP) is 3.91. The molecule has 3 rings (SSSR count). The smallest absolute Gasteiger partial charge is 0.134 e. The van der Waals surface area contributed by atoms with Gasteiger partial charge in [-0.3, -0.25) is 0 Å². The molecule has 0 radical (unpaired) electrons. The highest BCUT2D eigenvalue weighted by molar-refractivity contribution is 7.16. The lowest BCUT2D eigenvalue weighted by Crippen LogP contribution is -2.09. The van der Waals surface area contributed by atoms with E-state index >= 15 is 0 Å². The highest BCUT2D eigenvalue weighted by atomic mass is 32.1. The molecule has 0 fully saturated rings. The minimum absolute atomic E-state index is 0.00735. The summed E-state index contributed by atoms with van der Waals surface area (Å²) in [5, 5.41) is 29.2. The summed E-state index contributed by atoms with van der Waals surface area (Å²) in [5.74, 6) is 0.626. The Hall–Kier alpha value is -2.32. The van der Waals surface area contributed by atoms with E-state index in [-0.39, 0.29) is 11.5 Å². The standard InChI is InChI=1S/C17H16N2O2S/c1-10-2-5-13-14(8-18)17(22-16(13)6-10)19-9-11-3-4-12(20)7-15(11)21/h3-4,7,9-10,20-21H,2,5-6H2,1H3/t10-/m0/s1. The molecule has 1 heterocycles. The molecule has 1 aliphatic rings. The van der Waals surface area contributed by atoms with Crippen LogP contribution < -0.4 is 0 Å². The van der Waals surface area contributed by atoms with Gasteiger partial charge in [-0.15, -0.1) is 11.3 Å². The first kappa shape index (κ1) is 14.6. The topological polar surface area (TPSA) is 76.6 Å². The Labute approximate surface area is 133 Å². The second-order valence-corrected chi connectivity index (χ2v) is 6.73. The Bertz CT molecular complexity index is 787. The Morgan fingerprint density at radius 1 is 1.41 bits per heavy atom. The summed E-state index contributed by atoms with van der Waals surface area (Å²) in [6.45, 7) is 2.23. The van der Waals surface area contributed by atoms with Crippen LogP contribution in [-0.2, 0) is 12.8 Å². The number of phenols is 2. The summed E-state index contributed by atoms with van der Waals surface area (Å²) in [6, 6.07) is 6.63. The van der Waals surface area contributed by atoms with Gasteiger partial charge < -0.3 is 10.2 Å². The quantitative estimate of drug-likeness (QED) is 0.825. The maximum Gasteiger partial charge on any atom is 0.134 e. The van der Waals surface area contributed by atoms with E-state index in [4.69, 9.17) is 0 Å². The molecule has 2 aromatic rings. The first-order chi connectivity index (χ1) is 10.6. The van der Waals surface area contributed by atoms with Crippen molar-refractivity contribution in [3.8, 4) is 17.6 Å². The van der Waals surface area contributed by atoms with Gasteiger partial charge in [-0.05, 0) is 42.9 Å².